The van der Waals surface area contributed by atoms with E-state index in [1.165, 1.54) is 25.7 Å². The SMILES string of the molecule is O=C(NC1CCCNC1)c1ccnc2nc(C3CC4CCC3C4)[nH]c12. The number of carbonyl (C=O) groups excluding carboxylic acids is 1. The minimum absolute atomic E-state index is 0.0238. The molecular weight excluding hydrogens is 314 g/mol. The van der Waals surface area contributed by atoms with Gasteiger partial charge in [-0.15, -0.1) is 0 Å². The van der Waals surface area contributed by atoms with Crippen LogP contribution in [0.4, 0.5) is 0 Å². The van der Waals surface area contributed by atoms with Gasteiger partial charge in [-0.2, -0.15) is 0 Å². The highest BCUT2D eigenvalue weighted by Crippen LogP contribution is 2.52. The van der Waals surface area contributed by atoms with Crippen molar-refractivity contribution in [3.63, 3.8) is 0 Å². The van der Waals surface area contributed by atoms with Crippen molar-refractivity contribution in [1.82, 2.24) is 25.6 Å². The summed E-state index contributed by atoms with van der Waals surface area (Å²) in [5.74, 6) is 3.17. The molecular formula is C19H25N5O. The van der Waals surface area contributed by atoms with Crippen LogP contribution in [0.25, 0.3) is 11.2 Å². The molecule has 2 bridgehead atoms. The van der Waals surface area contributed by atoms with E-state index in [1.54, 1.807) is 12.3 Å². The summed E-state index contributed by atoms with van der Waals surface area (Å²) in [6, 6.07) is 2.01. The fraction of sp³-hybridized carbons (Fsp3) is 0.632. The number of aromatic nitrogens is 3. The molecule has 0 spiro atoms. The molecule has 0 aromatic carbocycles. The summed E-state index contributed by atoms with van der Waals surface area (Å²) in [5.41, 5.74) is 2.13. The maximum Gasteiger partial charge on any atom is 0.253 e. The van der Waals surface area contributed by atoms with Crippen molar-refractivity contribution in [2.24, 2.45) is 11.8 Å². The molecule has 0 radical (unpaired) electrons. The lowest BCUT2D eigenvalue weighted by Crippen LogP contribution is -2.45. The Morgan fingerprint density at radius 1 is 1.24 bits per heavy atom. The van der Waals surface area contributed by atoms with Gasteiger partial charge in [0.05, 0.1) is 11.1 Å². The van der Waals surface area contributed by atoms with Gasteiger partial charge in [-0.1, -0.05) is 6.42 Å². The third kappa shape index (κ3) is 2.72. The van der Waals surface area contributed by atoms with E-state index in [4.69, 9.17) is 4.98 Å². The summed E-state index contributed by atoms with van der Waals surface area (Å²) in [7, 11) is 0. The van der Waals surface area contributed by atoms with Crippen molar-refractivity contribution in [2.45, 2.75) is 50.5 Å². The number of nitrogens with one attached hydrogen (secondary N) is 3. The number of hydrogen-bond donors (Lipinski definition) is 3. The maximum absolute atomic E-state index is 12.8. The van der Waals surface area contributed by atoms with E-state index in [0.29, 0.717) is 17.1 Å². The quantitative estimate of drug-likeness (QED) is 0.801. The normalized spacial score (nSPS) is 31.5. The summed E-state index contributed by atoms with van der Waals surface area (Å²) < 4.78 is 0. The van der Waals surface area contributed by atoms with Gasteiger partial charge in [-0.05, 0) is 56.6 Å². The molecule has 25 heavy (non-hydrogen) atoms. The molecule has 1 aliphatic heterocycles. The van der Waals surface area contributed by atoms with Crippen molar-refractivity contribution >= 4 is 17.1 Å². The van der Waals surface area contributed by atoms with Gasteiger partial charge in [0.15, 0.2) is 5.65 Å². The van der Waals surface area contributed by atoms with E-state index in [9.17, 15) is 4.79 Å². The number of rotatable bonds is 3. The van der Waals surface area contributed by atoms with E-state index in [1.807, 2.05) is 0 Å². The van der Waals surface area contributed by atoms with Gasteiger partial charge < -0.3 is 15.6 Å². The molecule has 4 atom stereocenters. The van der Waals surface area contributed by atoms with Crippen LogP contribution < -0.4 is 10.6 Å². The number of hydrogen-bond acceptors (Lipinski definition) is 4. The minimum atomic E-state index is -0.0238. The second-order valence-electron chi connectivity index (χ2n) is 7.98. The van der Waals surface area contributed by atoms with Crippen molar-refractivity contribution in [1.29, 1.82) is 0 Å². The Hall–Kier alpha value is -1.95. The molecule has 3 heterocycles. The number of nitrogens with zero attached hydrogens (tertiary/aromatic N) is 2. The third-order valence-electron chi connectivity index (χ3n) is 6.38. The Kier molecular flexibility index (Phi) is 3.73. The Bertz CT molecular complexity index is 794. The first-order chi connectivity index (χ1) is 12.3. The molecule has 2 aliphatic carbocycles. The topological polar surface area (TPSA) is 82.7 Å². The zero-order valence-electron chi connectivity index (χ0n) is 14.4. The number of amides is 1. The predicted molar refractivity (Wildman–Crippen MR) is 95.4 cm³/mol. The highest BCUT2D eigenvalue weighted by Gasteiger charge is 2.41. The second kappa shape index (κ2) is 6.09. The van der Waals surface area contributed by atoms with Gasteiger partial charge in [0.25, 0.3) is 5.91 Å². The third-order valence-corrected chi connectivity index (χ3v) is 6.38. The highest BCUT2D eigenvalue weighted by atomic mass is 16.1. The van der Waals surface area contributed by atoms with Crippen molar-refractivity contribution < 1.29 is 4.79 Å². The molecule has 6 heteroatoms. The first-order valence-corrected chi connectivity index (χ1v) is 9.64. The molecule has 1 amide bonds. The molecule has 6 nitrogen and oxygen atoms in total. The number of imidazole rings is 1. The van der Waals surface area contributed by atoms with Gasteiger partial charge in [0.2, 0.25) is 0 Å². The lowest BCUT2D eigenvalue weighted by Gasteiger charge is -2.23. The molecule has 132 valence electrons. The first kappa shape index (κ1) is 15.3. The molecule has 2 aromatic heterocycles. The number of fused-ring (bicyclic) bond motifs is 3. The number of pyridine rings is 1. The Morgan fingerprint density at radius 3 is 2.96 bits per heavy atom. The van der Waals surface area contributed by atoms with Crippen LogP contribution in [0.1, 0.15) is 60.6 Å². The Morgan fingerprint density at radius 2 is 2.20 bits per heavy atom. The first-order valence-electron chi connectivity index (χ1n) is 9.64. The number of piperidine rings is 1. The molecule has 3 fully saturated rings. The van der Waals surface area contributed by atoms with Gasteiger partial charge in [-0.25, -0.2) is 9.97 Å². The zero-order chi connectivity index (χ0) is 16.8. The highest BCUT2D eigenvalue weighted by molar-refractivity contribution is 6.04. The van der Waals surface area contributed by atoms with Gasteiger partial charge >= 0.3 is 0 Å². The predicted octanol–water partition coefficient (Wildman–Crippen LogP) is 2.34. The fourth-order valence-corrected chi connectivity index (χ4v) is 5.11. The molecule has 2 saturated carbocycles. The lowest BCUT2D eigenvalue weighted by molar-refractivity contribution is 0.0932. The fourth-order valence-electron chi connectivity index (χ4n) is 5.11. The molecule has 1 saturated heterocycles. The number of H-pyrrole nitrogens is 1. The van der Waals surface area contributed by atoms with Crippen LogP contribution in [-0.2, 0) is 0 Å². The minimum Gasteiger partial charge on any atom is -0.348 e. The van der Waals surface area contributed by atoms with Gasteiger partial charge in [0.1, 0.15) is 5.82 Å². The molecule has 4 unspecified atom stereocenters. The van der Waals surface area contributed by atoms with Crippen LogP contribution in [0.15, 0.2) is 12.3 Å². The lowest BCUT2D eigenvalue weighted by atomic mass is 9.88. The smallest absolute Gasteiger partial charge is 0.253 e. The van der Waals surface area contributed by atoms with Gasteiger partial charge in [0, 0.05) is 24.7 Å². The molecule has 5 rings (SSSR count). The van der Waals surface area contributed by atoms with E-state index >= 15 is 0 Å². The number of carbonyl (C=O) groups is 1. The largest absolute Gasteiger partial charge is 0.348 e. The van der Waals surface area contributed by atoms with Crippen LogP contribution in [0.2, 0.25) is 0 Å². The van der Waals surface area contributed by atoms with Crippen molar-refractivity contribution in [3.8, 4) is 0 Å². The summed E-state index contributed by atoms with van der Waals surface area (Å²) >= 11 is 0. The van der Waals surface area contributed by atoms with E-state index in [-0.39, 0.29) is 11.9 Å². The molecule has 2 aromatic rings. The Labute approximate surface area is 147 Å². The molecule has 3 aliphatic rings. The summed E-state index contributed by atoms with van der Waals surface area (Å²) in [6.45, 7) is 1.89. The zero-order valence-corrected chi connectivity index (χ0v) is 14.4. The summed E-state index contributed by atoms with van der Waals surface area (Å²) in [6.07, 6.45) is 9.12. The van der Waals surface area contributed by atoms with E-state index in [0.717, 1.165) is 49.1 Å². The second-order valence-corrected chi connectivity index (χ2v) is 7.98. The van der Waals surface area contributed by atoms with Crippen LogP contribution in [0.3, 0.4) is 0 Å². The van der Waals surface area contributed by atoms with Crippen LogP contribution in [0, 0.1) is 11.8 Å². The maximum atomic E-state index is 12.8. The van der Waals surface area contributed by atoms with E-state index in [2.05, 4.69) is 20.6 Å². The van der Waals surface area contributed by atoms with Crippen LogP contribution in [-0.4, -0.2) is 40.0 Å². The van der Waals surface area contributed by atoms with Crippen molar-refractivity contribution in [2.75, 3.05) is 13.1 Å². The average molecular weight is 339 g/mol. The molecule has 3 N–H and O–H groups in total. The number of aromatic amines is 1. The van der Waals surface area contributed by atoms with Crippen molar-refractivity contribution in [3.05, 3.63) is 23.7 Å². The van der Waals surface area contributed by atoms with E-state index < -0.39 is 0 Å². The standard InChI is InChI=1S/C19H25N5O/c25-19(22-13-2-1-6-20-10-13)14-5-7-21-18-16(14)23-17(24-18)15-9-11-3-4-12(15)8-11/h5,7,11-13,15,20H,1-4,6,8-10H2,(H,22,25)(H,21,23,24). The van der Waals surface area contributed by atoms with Gasteiger partial charge in [-0.3, -0.25) is 4.79 Å². The monoisotopic (exact) mass is 339 g/mol. The summed E-state index contributed by atoms with van der Waals surface area (Å²) in [4.78, 5) is 25.4. The van der Waals surface area contributed by atoms with Crippen LogP contribution >= 0.6 is 0 Å². The average Bonchev–Trinajstić information content (AvgIpc) is 3.36. The van der Waals surface area contributed by atoms with Crippen LogP contribution in [0.5, 0.6) is 0 Å². The summed E-state index contributed by atoms with van der Waals surface area (Å²) in [5, 5.41) is 6.49. The Balaban J connectivity index is 1.42.